The summed E-state index contributed by atoms with van der Waals surface area (Å²) in [5, 5.41) is 0. The molecule has 2 amide bonds. The second-order valence-electron chi connectivity index (χ2n) is 5.03. The van der Waals surface area contributed by atoms with Crippen LogP contribution < -0.4 is 0 Å². The van der Waals surface area contributed by atoms with Crippen LogP contribution in [0.15, 0.2) is 12.7 Å². The van der Waals surface area contributed by atoms with Crippen LogP contribution in [0.25, 0.3) is 0 Å². The summed E-state index contributed by atoms with van der Waals surface area (Å²) in [6, 6.07) is 0.214. The Kier molecular flexibility index (Phi) is 5.40. The van der Waals surface area contributed by atoms with Gasteiger partial charge in [-0.2, -0.15) is 0 Å². The Hall–Kier alpha value is -1.56. The summed E-state index contributed by atoms with van der Waals surface area (Å²) >= 11 is 0. The molecule has 0 unspecified atom stereocenters. The van der Waals surface area contributed by atoms with Gasteiger partial charge >= 0.3 is 6.09 Å². The first-order valence-electron chi connectivity index (χ1n) is 7.12. The Morgan fingerprint density at radius 3 is 2.75 bits per heavy atom. The number of nitrogens with zero attached hydrogens (tertiary/aromatic N) is 2. The van der Waals surface area contributed by atoms with E-state index in [1.165, 1.54) is 0 Å². The molecule has 112 valence electrons. The van der Waals surface area contributed by atoms with Crippen molar-refractivity contribution in [2.24, 2.45) is 0 Å². The molecule has 0 saturated carbocycles. The highest BCUT2D eigenvalue weighted by atomic mass is 16.6. The Labute approximate surface area is 119 Å². The van der Waals surface area contributed by atoms with Crippen molar-refractivity contribution < 1.29 is 19.1 Å². The van der Waals surface area contributed by atoms with Gasteiger partial charge in [0.1, 0.15) is 6.61 Å². The van der Waals surface area contributed by atoms with Crippen LogP contribution in [0, 0.1) is 0 Å². The minimum absolute atomic E-state index is 0.122. The van der Waals surface area contributed by atoms with Crippen molar-refractivity contribution in [3.05, 3.63) is 12.7 Å². The minimum atomic E-state index is -0.215. The predicted octanol–water partition coefficient (Wildman–Crippen LogP) is 1.02. The van der Waals surface area contributed by atoms with Crippen molar-refractivity contribution >= 4 is 12.0 Å². The highest BCUT2D eigenvalue weighted by molar-refractivity contribution is 5.76. The first-order valence-corrected chi connectivity index (χ1v) is 7.12. The molecule has 0 aliphatic carbocycles. The summed E-state index contributed by atoms with van der Waals surface area (Å²) in [7, 11) is 0. The number of amides is 2. The maximum Gasteiger partial charge on any atom is 0.410 e. The SMILES string of the molecule is C=CCOCCC(=O)N1CCC(N2CCOC2=O)CC1. The Balaban J connectivity index is 1.69. The fraction of sp³-hybridized carbons (Fsp3) is 0.714. The smallest absolute Gasteiger partial charge is 0.410 e. The van der Waals surface area contributed by atoms with E-state index in [9.17, 15) is 9.59 Å². The van der Waals surface area contributed by atoms with E-state index in [0.29, 0.717) is 45.9 Å². The molecule has 0 radical (unpaired) electrons. The van der Waals surface area contributed by atoms with Gasteiger partial charge < -0.3 is 19.3 Å². The third-order valence-corrected chi connectivity index (χ3v) is 3.75. The van der Waals surface area contributed by atoms with Crippen LogP contribution in [0.5, 0.6) is 0 Å². The molecule has 2 aliphatic heterocycles. The number of likely N-dealkylation sites (tertiary alicyclic amines) is 1. The van der Waals surface area contributed by atoms with E-state index in [1.807, 2.05) is 4.90 Å². The third-order valence-electron chi connectivity index (χ3n) is 3.75. The van der Waals surface area contributed by atoms with E-state index in [2.05, 4.69) is 6.58 Å². The van der Waals surface area contributed by atoms with Crippen molar-refractivity contribution in [3.63, 3.8) is 0 Å². The minimum Gasteiger partial charge on any atom is -0.448 e. The quantitative estimate of drug-likeness (QED) is 0.539. The van der Waals surface area contributed by atoms with Gasteiger partial charge in [0.2, 0.25) is 5.91 Å². The van der Waals surface area contributed by atoms with Crippen molar-refractivity contribution in [1.82, 2.24) is 9.80 Å². The normalized spacial score (nSPS) is 20.1. The van der Waals surface area contributed by atoms with Crippen LogP contribution in [0.2, 0.25) is 0 Å². The van der Waals surface area contributed by atoms with Crippen LogP contribution in [-0.4, -0.2) is 67.3 Å². The largest absolute Gasteiger partial charge is 0.448 e. The third kappa shape index (κ3) is 3.72. The van der Waals surface area contributed by atoms with Gasteiger partial charge in [0.15, 0.2) is 0 Å². The van der Waals surface area contributed by atoms with Crippen molar-refractivity contribution in [3.8, 4) is 0 Å². The molecule has 0 atom stereocenters. The average Bonchev–Trinajstić information content (AvgIpc) is 2.90. The van der Waals surface area contributed by atoms with E-state index >= 15 is 0 Å². The summed E-state index contributed by atoms with van der Waals surface area (Å²) in [5.74, 6) is 0.122. The number of carbonyl (C=O) groups is 2. The van der Waals surface area contributed by atoms with Gasteiger partial charge in [0.25, 0.3) is 0 Å². The number of hydrogen-bond donors (Lipinski definition) is 0. The standard InChI is InChI=1S/C14H22N2O4/c1-2-9-19-10-5-13(17)15-6-3-12(4-7-15)16-8-11-20-14(16)18/h2,12H,1,3-11H2. The second-order valence-corrected chi connectivity index (χ2v) is 5.03. The van der Waals surface area contributed by atoms with Gasteiger partial charge in [-0.05, 0) is 12.8 Å². The molecule has 0 aromatic rings. The highest BCUT2D eigenvalue weighted by Gasteiger charge is 2.32. The van der Waals surface area contributed by atoms with Gasteiger partial charge in [-0.3, -0.25) is 4.79 Å². The zero-order valence-electron chi connectivity index (χ0n) is 11.8. The van der Waals surface area contributed by atoms with E-state index in [0.717, 1.165) is 12.8 Å². The lowest BCUT2D eigenvalue weighted by Gasteiger charge is -2.35. The molecule has 2 fully saturated rings. The molecule has 2 rings (SSSR count). The first-order chi connectivity index (χ1) is 9.72. The summed E-state index contributed by atoms with van der Waals surface area (Å²) < 4.78 is 10.2. The topological polar surface area (TPSA) is 59.1 Å². The number of piperidine rings is 1. The van der Waals surface area contributed by atoms with Gasteiger partial charge in [-0.25, -0.2) is 4.79 Å². The molecular weight excluding hydrogens is 260 g/mol. The van der Waals surface area contributed by atoms with Gasteiger partial charge in [0, 0.05) is 19.1 Å². The van der Waals surface area contributed by atoms with Gasteiger partial charge in [0.05, 0.1) is 26.2 Å². The summed E-state index contributed by atoms with van der Waals surface area (Å²) in [4.78, 5) is 27.1. The maximum absolute atomic E-state index is 12.0. The molecule has 0 bridgehead atoms. The van der Waals surface area contributed by atoms with Crippen molar-refractivity contribution in [2.75, 3.05) is 39.5 Å². The van der Waals surface area contributed by atoms with Crippen molar-refractivity contribution in [1.29, 1.82) is 0 Å². The lowest BCUT2D eigenvalue weighted by atomic mass is 10.0. The molecular formula is C14H22N2O4. The number of hydrogen-bond acceptors (Lipinski definition) is 4. The molecule has 6 heteroatoms. The van der Waals surface area contributed by atoms with Crippen LogP contribution in [0.3, 0.4) is 0 Å². The van der Waals surface area contributed by atoms with Crippen LogP contribution in [0.4, 0.5) is 4.79 Å². The highest BCUT2D eigenvalue weighted by Crippen LogP contribution is 2.20. The van der Waals surface area contributed by atoms with Crippen LogP contribution >= 0.6 is 0 Å². The first kappa shape index (κ1) is 14.8. The number of rotatable bonds is 6. The Bertz CT molecular complexity index is 364. The fourth-order valence-corrected chi connectivity index (χ4v) is 2.65. The second kappa shape index (κ2) is 7.28. The number of carbonyl (C=O) groups excluding carboxylic acids is 2. The molecule has 0 aromatic heterocycles. The summed E-state index contributed by atoms with van der Waals surface area (Å²) in [6.45, 7) is 7.03. The Morgan fingerprint density at radius 2 is 2.15 bits per heavy atom. The average molecular weight is 282 g/mol. The maximum atomic E-state index is 12.0. The van der Waals surface area contributed by atoms with Gasteiger partial charge in [-0.15, -0.1) is 6.58 Å². The molecule has 0 spiro atoms. The van der Waals surface area contributed by atoms with E-state index in [1.54, 1.807) is 11.0 Å². The van der Waals surface area contributed by atoms with Crippen LogP contribution in [0.1, 0.15) is 19.3 Å². The number of cyclic esters (lactones) is 1. The number of ether oxygens (including phenoxy) is 2. The van der Waals surface area contributed by atoms with E-state index in [-0.39, 0.29) is 18.0 Å². The lowest BCUT2D eigenvalue weighted by Crippen LogP contribution is -2.47. The van der Waals surface area contributed by atoms with E-state index in [4.69, 9.17) is 9.47 Å². The molecule has 0 aromatic carbocycles. The Morgan fingerprint density at radius 1 is 1.40 bits per heavy atom. The van der Waals surface area contributed by atoms with Crippen LogP contribution in [-0.2, 0) is 14.3 Å². The molecule has 2 saturated heterocycles. The summed E-state index contributed by atoms with van der Waals surface area (Å²) in [5.41, 5.74) is 0. The van der Waals surface area contributed by atoms with Crippen molar-refractivity contribution in [2.45, 2.75) is 25.3 Å². The molecule has 6 nitrogen and oxygen atoms in total. The fourth-order valence-electron chi connectivity index (χ4n) is 2.65. The molecule has 2 aliphatic rings. The van der Waals surface area contributed by atoms with Gasteiger partial charge in [-0.1, -0.05) is 6.08 Å². The zero-order valence-corrected chi connectivity index (χ0v) is 11.8. The monoisotopic (exact) mass is 282 g/mol. The molecule has 20 heavy (non-hydrogen) atoms. The van der Waals surface area contributed by atoms with E-state index < -0.39 is 0 Å². The predicted molar refractivity (Wildman–Crippen MR) is 73.3 cm³/mol. The molecule has 0 N–H and O–H groups in total. The zero-order chi connectivity index (χ0) is 14.4. The summed E-state index contributed by atoms with van der Waals surface area (Å²) in [6.07, 6.45) is 3.52. The molecule has 2 heterocycles. The lowest BCUT2D eigenvalue weighted by molar-refractivity contribution is -0.133.